The van der Waals surface area contributed by atoms with E-state index >= 15 is 0 Å². The average molecular weight is 716 g/mol. The van der Waals surface area contributed by atoms with E-state index in [9.17, 15) is 39.6 Å². The molecule has 1 saturated heterocycles. The fourth-order valence-corrected chi connectivity index (χ4v) is 8.00. The maximum Gasteiger partial charge on any atom is 0.490 e. The summed E-state index contributed by atoms with van der Waals surface area (Å²) in [6, 6.07) is 6.51. The van der Waals surface area contributed by atoms with Crippen LogP contribution in [0.5, 0.6) is 0 Å². The van der Waals surface area contributed by atoms with Gasteiger partial charge in [-0.1, -0.05) is 11.6 Å². The number of aromatic nitrogens is 2. The molecule has 2 aliphatic rings. The number of carbonyl (C=O) groups is 3. The number of halogens is 4. The Balaban J connectivity index is 0.000000591. The zero-order valence-electron chi connectivity index (χ0n) is 23.3. The van der Waals surface area contributed by atoms with Gasteiger partial charge in [-0.25, -0.2) is 40.6 Å². The largest absolute Gasteiger partial charge is 0.490 e. The molecule has 0 unspecified atom stereocenters. The first kappa shape index (κ1) is 34.7. The summed E-state index contributed by atoms with van der Waals surface area (Å²) >= 11 is 7.28. The number of aliphatic carboxylic acids is 1. The number of carboxylic acid groups (broad SMARTS) is 1. The van der Waals surface area contributed by atoms with Crippen LogP contribution >= 0.6 is 22.9 Å². The molecular formula is C24H27ClF3N6O8S3+. The standard InChI is InChI=1S/C22H25ClN6O6S3.C2HF3O2/c1-37(32,33)27-19(30)13-29(22(31)21-26-17-4-5-24-12-18(17)36-21)8-6-28(7-9-29)38(34,35)20-11-14-10-15(23)2-3-16(14)25-20;3-2(4,5)1(6)7/h2-3,10-11,24-25H,4-9,12-13H2,1H3;(H,6,7)/p+1. The number of amides is 2. The van der Waals surface area contributed by atoms with Gasteiger partial charge in [-0.3, -0.25) is 4.79 Å². The van der Waals surface area contributed by atoms with E-state index in [1.807, 2.05) is 4.72 Å². The molecule has 1 fully saturated rings. The van der Waals surface area contributed by atoms with Crippen LogP contribution in [0.2, 0.25) is 5.02 Å². The van der Waals surface area contributed by atoms with E-state index in [0.29, 0.717) is 28.9 Å². The molecular weight excluding hydrogens is 689 g/mol. The first-order valence-electron chi connectivity index (χ1n) is 13.0. The van der Waals surface area contributed by atoms with E-state index in [-0.39, 0.29) is 36.2 Å². The number of fused-ring (bicyclic) bond motifs is 2. The van der Waals surface area contributed by atoms with Gasteiger partial charge in [-0.2, -0.15) is 17.5 Å². The van der Waals surface area contributed by atoms with Crippen LogP contribution < -0.4 is 10.0 Å². The summed E-state index contributed by atoms with van der Waals surface area (Å²) in [5.41, 5.74) is 1.45. The summed E-state index contributed by atoms with van der Waals surface area (Å²) in [5.74, 6) is -4.02. The predicted molar refractivity (Wildman–Crippen MR) is 155 cm³/mol. The number of H-pyrrole nitrogens is 1. The number of alkyl halides is 3. The smallest absolute Gasteiger partial charge is 0.475 e. The fraction of sp³-hybridized carbons (Fsp3) is 0.417. The maximum atomic E-state index is 13.8. The molecule has 0 radical (unpaired) electrons. The van der Waals surface area contributed by atoms with Crippen LogP contribution in [0.15, 0.2) is 29.3 Å². The molecule has 2 amide bonds. The van der Waals surface area contributed by atoms with E-state index in [4.69, 9.17) is 21.5 Å². The first-order valence-corrected chi connectivity index (χ1v) is 17.5. The lowest BCUT2D eigenvalue weighted by atomic mass is 10.2. The highest BCUT2D eigenvalue weighted by Gasteiger charge is 2.47. The molecule has 2 aromatic heterocycles. The van der Waals surface area contributed by atoms with Crippen molar-refractivity contribution in [2.75, 3.05) is 45.5 Å². The van der Waals surface area contributed by atoms with Gasteiger partial charge in [0.15, 0.2) is 6.54 Å². The predicted octanol–water partition coefficient (Wildman–Crippen LogP) is 1.29. The molecule has 1 aromatic carbocycles. The molecule has 3 aromatic rings. The van der Waals surface area contributed by atoms with Gasteiger partial charge in [0.05, 0.1) is 25.0 Å². The molecule has 4 N–H and O–H groups in total. The third kappa shape index (κ3) is 8.18. The molecule has 4 heterocycles. The van der Waals surface area contributed by atoms with Crippen molar-refractivity contribution in [3.05, 3.63) is 44.9 Å². The lowest BCUT2D eigenvalue weighted by Gasteiger charge is -2.40. The lowest BCUT2D eigenvalue weighted by molar-refractivity contribution is -0.845. The fourth-order valence-electron chi connectivity index (χ4n) is 4.79. The molecule has 2 aliphatic heterocycles. The van der Waals surface area contributed by atoms with Crippen molar-refractivity contribution >= 4 is 71.7 Å². The molecule has 0 spiro atoms. The number of aromatic amines is 1. The van der Waals surface area contributed by atoms with Crippen molar-refractivity contribution in [1.29, 1.82) is 0 Å². The molecule has 0 atom stereocenters. The Kier molecular flexibility index (Phi) is 9.98. The van der Waals surface area contributed by atoms with E-state index in [1.165, 1.54) is 21.7 Å². The monoisotopic (exact) mass is 715 g/mol. The van der Waals surface area contributed by atoms with Gasteiger partial charge in [0.25, 0.3) is 15.9 Å². The lowest BCUT2D eigenvalue weighted by Crippen LogP contribution is -2.65. The number of sulfonamides is 2. The summed E-state index contributed by atoms with van der Waals surface area (Å²) in [6.45, 7) is 0.733. The Morgan fingerprint density at radius 2 is 1.80 bits per heavy atom. The van der Waals surface area contributed by atoms with Crippen molar-refractivity contribution < 1.29 is 54.0 Å². The number of hydrogen-bond acceptors (Lipinski definition) is 10. The van der Waals surface area contributed by atoms with Crippen LogP contribution in [0.1, 0.15) is 20.4 Å². The topological polar surface area (TPSA) is 196 Å². The van der Waals surface area contributed by atoms with Crippen LogP contribution in [0, 0.1) is 0 Å². The minimum absolute atomic E-state index is 0.00369. The van der Waals surface area contributed by atoms with Gasteiger partial charge in [-0.15, -0.1) is 11.3 Å². The third-order valence-corrected chi connectivity index (χ3v) is 10.7. The quantitative estimate of drug-likeness (QED) is 0.270. The van der Waals surface area contributed by atoms with Crippen LogP contribution in [0.3, 0.4) is 0 Å². The normalized spacial score (nSPS) is 17.2. The summed E-state index contributed by atoms with van der Waals surface area (Å²) < 4.78 is 84.7. The van der Waals surface area contributed by atoms with Gasteiger partial charge in [-0.05, 0) is 24.3 Å². The number of quaternary nitrogens is 1. The Bertz CT molecular complexity index is 1830. The number of nitrogens with one attached hydrogen (secondary N) is 3. The summed E-state index contributed by atoms with van der Waals surface area (Å²) in [5, 5.41) is 11.7. The van der Waals surface area contributed by atoms with Crippen molar-refractivity contribution in [2.45, 2.75) is 24.2 Å². The average Bonchev–Trinajstić information content (AvgIpc) is 3.56. The zero-order chi connectivity index (χ0) is 33.4. The minimum Gasteiger partial charge on any atom is -0.475 e. The number of hydrogen-bond donors (Lipinski definition) is 4. The number of piperazine rings is 1. The summed E-state index contributed by atoms with van der Waals surface area (Å²) in [7, 11) is -7.78. The Morgan fingerprint density at radius 3 is 2.38 bits per heavy atom. The second-order valence-corrected chi connectivity index (χ2v) is 15.4. The van der Waals surface area contributed by atoms with Gasteiger partial charge < -0.3 is 15.4 Å². The highest BCUT2D eigenvalue weighted by molar-refractivity contribution is 7.89. The Hall–Kier alpha value is -3.14. The minimum atomic E-state index is -5.08. The van der Waals surface area contributed by atoms with Gasteiger partial charge >= 0.3 is 18.1 Å². The second kappa shape index (κ2) is 12.9. The molecule has 0 aliphatic carbocycles. The Labute approximate surface area is 263 Å². The van der Waals surface area contributed by atoms with Crippen LogP contribution in [0.25, 0.3) is 10.9 Å². The molecule has 14 nitrogen and oxygen atoms in total. The van der Waals surface area contributed by atoms with Crippen molar-refractivity contribution in [3.63, 3.8) is 0 Å². The van der Waals surface area contributed by atoms with Crippen LogP contribution in [-0.2, 0) is 42.6 Å². The number of thiazole rings is 1. The van der Waals surface area contributed by atoms with E-state index in [2.05, 4.69) is 15.3 Å². The van der Waals surface area contributed by atoms with Crippen molar-refractivity contribution in [2.24, 2.45) is 0 Å². The molecule has 0 saturated carbocycles. The van der Waals surface area contributed by atoms with E-state index in [1.54, 1.807) is 18.2 Å². The zero-order valence-corrected chi connectivity index (χ0v) is 26.6. The summed E-state index contributed by atoms with van der Waals surface area (Å²) in [4.78, 5) is 43.7. The second-order valence-electron chi connectivity index (χ2n) is 10.2. The highest BCUT2D eigenvalue weighted by Crippen LogP contribution is 2.29. The first-order chi connectivity index (χ1) is 20.8. The van der Waals surface area contributed by atoms with Crippen molar-refractivity contribution in [1.82, 2.24) is 24.3 Å². The third-order valence-electron chi connectivity index (χ3n) is 6.93. The number of carbonyl (C=O) groups excluding carboxylic acids is 2. The number of benzene rings is 1. The molecule has 246 valence electrons. The molecule has 45 heavy (non-hydrogen) atoms. The molecule has 0 bridgehead atoms. The van der Waals surface area contributed by atoms with Gasteiger partial charge in [0.1, 0.15) is 18.1 Å². The SMILES string of the molecule is CS(=O)(=O)NC(=O)C[N+]1(C(=O)c2nc3c(s2)CNCC3)CCN(S(=O)(=O)c2cc3cc(Cl)ccc3[nH]2)CC1.O=C(O)C(F)(F)F. The highest BCUT2D eigenvalue weighted by atomic mass is 35.5. The molecule has 21 heteroatoms. The number of carboxylic acids is 1. The van der Waals surface area contributed by atoms with Gasteiger partial charge in [0.2, 0.25) is 15.0 Å². The Morgan fingerprint density at radius 1 is 1.16 bits per heavy atom. The maximum absolute atomic E-state index is 13.8. The van der Waals surface area contributed by atoms with Gasteiger partial charge in [0, 0.05) is 40.3 Å². The van der Waals surface area contributed by atoms with E-state index in [0.717, 1.165) is 23.4 Å². The summed E-state index contributed by atoms with van der Waals surface area (Å²) in [6.07, 6.45) is -3.55. The number of rotatable bonds is 6. The number of nitrogens with zero attached hydrogens (tertiary/aromatic N) is 3. The van der Waals surface area contributed by atoms with Crippen LogP contribution in [-0.4, -0.2) is 110 Å². The van der Waals surface area contributed by atoms with E-state index < -0.39 is 55.0 Å². The van der Waals surface area contributed by atoms with Crippen molar-refractivity contribution in [3.8, 4) is 0 Å². The van der Waals surface area contributed by atoms with Crippen LogP contribution in [0.4, 0.5) is 13.2 Å². The molecule has 5 rings (SSSR count).